The Morgan fingerprint density at radius 2 is 1.62 bits per heavy atom. The molecular weight excluding hydrogens is 363 g/mol. The van der Waals surface area contributed by atoms with Crippen LogP contribution in [0.4, 0.5) is 13.2 Å². The third kappa shape index (κ3) is 3.41. The Labute approximate surface area is 150 Å². The summed E-state index contributed by atoms with van der Waals surface area (Å²) in [6.45, 7) is 2.62. The molecule has 26 heavy (non-hydrogen) atoms. The molecule has 0 saturated heterocycles. The standard InChI is InChI=1S/C19H18F3NO2S/c1-14-6-8-17(9-7-14)26(24,25)19(21,22)18(20)10-11-23-12-15-4-2-3-5-16(15)13-23/h2-10H,11-13H2,1H3/b18-10-. The number of alkyl halides is 2. The fraction of sp³-hybridized carbons (Fsp3) is 0.263. The van der Waals surface area contributed by atoms with Crippen molar-refractivity contribution in [2.45, 2.75) is 30.2 Å². The molecule has 138 valence electrons. The van der Waals surface area contributed by atoms with Crippen molar-refractivity contribution >= 4 is 9.84 Å². The second kappa shape index (κ2) is 6.89. The van der Waals surface area contributed by atoms with E-state index in [4.69, 9.17) is 0 Å². The van der Waals surface area contributed by atoms with Crippen molar-refractivity contribution in [1.29, 1.82) is 0 Å². The van der Waals surface area contributed by atoms with Gasteiger partial charge in [0.05, 0.1) is 4.90 Å². The summed E-state index contributed by atoms with van der Waals surface area (Å²) in [6, 6.07) is 12.5. The molecule has 0 aliphatic carbocycles. The van der Waals surface area contributed by atoms with Crippen molar-refractivity contribution in [3.05, 3.63) is 77.1 Å². The molecule has 0 bridgehead atoms. The minimum Gasteiger partial charge on any atom is -0.291 e. The van der Waals surface area contributed by atoms with Crippen LogP contribution in [0.15, 0.2) is 65.3 Å². The molecule has 3 rings (SSSR count). The topological polar surface area (TPSA) is 37.4 Å². The van der Waals surface area contributed by atoms with Gasteiger partial charge < -0.3 is 0 Å². The lowest BCUT2D eigenvalue weighted by Gasteiger charge is -2.17. The van der Waals surface area contributed by atoms with Crippen LogP contribution in [-0.2, 0) is 22.9 Å². The maximum absolute atomic E-state index is 14.3. The number of rotatable bonds is 5. The smallest absolute Gasteiger partial charge is 0.291 e. The first kappa shape index (κ1) is 18.7. The van der Waals surface area contributed by atoms with Gasteiger partial charge in [-0.3, -0.25) is 4.90 Å². The number of sulfone groups is 1. The third-order valence-electron chi connectivity index (χ3n) is 4.38. The summed E-state index contributed by atoms with van der Waals surface area (Å²) in [4.78, 5) is 1.16. The van der Waals surface area contributed by atoms with E-state index in [1.807, 2.05) is 24.3 Å². The second-order valence-electron chi connectivity index (χ2n) is 6.32. The van der Waals surface area contributed by atoms with Crippen LogP contribution < -0.4 is 0 Å². The van der Waals surface area contributed by atoms with Gasteiger partial charge in [-0.15, -0.1) is 0 Å². The van der Waals surface area contributed by atoms with Gasteiger partial charge in [0.1, 0.15) is 0 Å². The second-order valence-corrected chi connectivity index (χ2v) is 8.31. The van der Waals surface area contributed by atoms with Crippen molar-refractivity contribution in [3.8, 4) is 0 Å². The van der Waals surface area contributed by atoms with Crippen LogP contribution in [0.25, 0.3) is 0 Å². The Bertz CT molecular complexity index is 913. The highest BCUT2D eigenvalue weighted by molar-refractivity contribution is 7.92. The molecule has 0 unspecified atom stereocenters. The predicted molar refractivity (Wildman–Crippen MR) is 93.1 cm³/mol. The molecule has 0 N–H and O–H groups in total. The van der Waals surface area contributed by atoms with Crippen LogP contribution in [-0.4, -0.2) is 25.1 Å². The fourth-order valence-electron chi connectivity index (χ4n) is 2.85. The average molecular weight is 381 g/mol. The normalized spacial score (nSPS) is 15.9. The Hall–Kier alpha value is -2.12. The highest BCUT2D eigenvalue weighted by atomic mass is 32.2. The zero-order chi connectivity index (χ0) is 18.9. The van der Waals surface area contributed by atoms with E-state index < -0.39 is 25.8 Å². The molecule has 3 nitrogen and oxygen atoms in total. The first-order chi connectivity index (χ1) is 12.2. The molecule has 0 fully saturated rings. The third-order valence-corrected chi connectivity index (χ3v) is 6.14. The minimum absolute atomic E-state index is 0.0977. The van der Waals surface area contributed by atoms with E-state index in [1.165, 1.54) is 12.1 Å². The van der Waals surface area contributed by atoms with Gasteiger partial charge in [0.2, 0.25) is 0 Å². The van der Waals surface area contributed by atoms with Crippen molar-refractivity contribution in [1.82, 2.24) is 4.90 Å². The molecule has 7 heteroatoms. The number of fused-ring (bicyclic) bond motifs is 1. The van der Waals surface area contributed by atoms with Crippen molar-refractivity contribution in [2.75, 3.05) is 6.54 Å². The molecule has 0 atom stereocenters. The Kier molecular flexibility index (Phi) is 4.94. The van der Waals surface area contributed by atoms with Crippen LogP contribution in [0.2, 0.25) is 0 Å². The summed E-state index contributed by atoms with van der Waals surface area (Å²) < 4.78 is 66.9. The maximum Gasteiger partial charge on any atom is 0.400 e. The van der Waals surface area contributed by atoms with Crippen molar-refractivity contribution < 1.29 is 21.6 Å². The molecule has 0 spiro atoms. The SMILES string of the molecule is Cc1ccc(S(=O)(=O)C(F)(F)/C(F)=C/CN2Cc3ccccc3C2)cc1. The zero-order valence-corrected chi connectivity index (χ0v) is 14.9. The van der Waals surface area contributed by atoms with Gasteiger partial charge in [0, 0.05) is 19.6 Å². The van der Waals surface area contributed by atoms with E-state index in [0.717, 1.165) is 28.8 Å². The van der Waals surface area contributed by atoms with Crippen LogP contribution in [0, 0.1) is 6.92 Å². The van der Waals surface area contributed by atoms with Gasteiger partial charge in [-0.2, -0.15) is 8.78 Å². The maximum atomic E-state index is 14.3. The molecule has 0 amide bonds. The molecule has 0 saturated carbocycles. The Balaban J connectivity index is 1.76. The van der Waals surface area contributed by atoms with Gasteiger partial charge in [-0.05, 0) is 36.3 Å². The molecule has 1 heterocycles. The monoisotopic (exact) mass is 381 g/mol. The fourth-order valence-corrected chi connectivity index (χ4v) is 3.99. The Morgan fingerprint density at radius 1 is 1.08 bits per heavy atom. The first-order valence-electron chi connectivity index (χ1n) is 8.06. The molecule has 2 aromatic rings. The molecular formula is C19H18F3NO2S. The number of hydrogen-bond donors (Lipinski definition) is 0. The Morgan fingerprint density at radius 3 is 2.15 bits per heavy atom. The van der Waals surface area contributed by atoms with E-state index >= 15 is 0 Å². The number of aryl methyl sites for hydroxylation is 1. The average Bonchev–Trinajstić information content (AvgIpc) is 3.02. The van der Waals surface area contributed by atoms with Gasteiger partial charge in [-0.1, -0.05) is 42.0 Å². The molecule has 0 radical (unpaired) electrons. The first-order valence-corrected chi connectivity index (χ1v) is 9.54. The summed E-state index contributed by atoms with van der Waals surface area (Å²) in [5, 5.41) is -4.60. The number of halogens is 3. The molecule has 2 aromatic carbocycles. The molecule has 1 aliphatic rings. The molecule has 1 aliphatic heterocycles. The van der Waals surface area contributed by atoms with Crippen molar-refractivity contribution in [3.63, 3.8) is 0 Å². The summed E-state index contributed by atoms with van der Waals surface area (Å²) in [6.07, 6.45) is 0.650. The van der Waals surface area contributed by atoms with Gasteiger partial charge in [0.25, 0.3) is 9.84 Å². The van der Waals surface area contributed by atoms with Gasteiger partial charge >= 0.3 is 5.25 Å². The zero-order valence-electron chi connectivity index (χ0n) is 14.1. The number of benzene rings is 2. The van der Waals surface area contributed by atoms with Crippen LogP contribution in [0.5, 0.6) is 0 Å². The lowest BCUT2D eigenvalue weighted by atomic mass is 10.1. The lowest BCUT2D eigenvalue weighted by molar-refractivity contribution is 0.104. The largest absolute Gasteiger partial charge is 0.400 e. The van der Waals surface area contributed by atoms with Crippen molar-refractivity contribution in [2.24, 2.45) is 0 Å². The van der Waals surface area contributed by atoms with E-state index in [1.54, 1.807) is 11.8 Å². The lowest BCUT2D eigenvalue weighted by Crippen LogP contribution is -2.30. The summed E-state index contributed by atoms with van der Waals surface area (Å²) >= 11 is 0. The quantitative estimate of drug-likeness (QED) is 0.778. The summed E-state index contributed by atoms with van der Waals surface area (Å²) in [5.74, 6) is -1.95. The summed E-state index contributed by atoms with van der Waals surface area (Å²) in [7, 11) is -5.15. The highest BCUT2D eigenvalue weighted by Crippen LogP contribution is 2.36. The van der Waals surface area contributed by atoms with E-state index in [2.05, 4.69) is 0 Å². The van der Waals surface area contributed by atoms with Crippen LogP contribution in [0.3, 0.4) is 0 Å². The van der Waals surface area contributed by atoms with E-state index in [0.29, 0.717) is 19.2 Å². The van der Waals surface area contributed by atoms with E-state index in [9.17, 15) is 21.6 Å². The van der Waals surface area contributed by atoms with Gasteiger partial charge in [0.15, 0.2) is 5.83 Å². The number of nitrogens with zero attached hydrogens (tertiary/aromatic N) is 1. The number of hydrogen-bond acceptors (Lipinski definition) is 3. The highest BCUT2D eigenvalue weighted by Gasteiger charge is 2.50. The predicted octanol–water partition coefficient (Wildman–Crippen LogP) is 4.23. The van der Waals surface area contributed by atoms with E-state index in [-0.39, 0.29) is 6.54 Å². The molecule has 0 aromatic heterocycles. The minimum atomic E-state index is -5.15. The van der Waals surface area contributed by atoms with Crippen LogP contribution in [0.1, 0.15) is 16.7 Å². The van der Waals surface area contributed by atoms with Crippen LogP contribution >= 0.6 is 0 Å². The van der Waals surface area contributed by atoms with Gasteiger partial charge in [-0.25, -0.2) is 12.8 Å². The summed E-state index contributed by atoms with van der Waals surface area (Å²) in [5.41, 5.74) is 2.83.